The van der Waals surface area contributed by atoms with Gasteiger partial charge in [0.25, 0.3) is 0 Å². The summed E-state index contributed by atoms with van der Waals surface area (Å²) in [6.07, 6.45) is 1.18. The minimum Gasteiger partial charge on any atom is -1.00 e. The Hall–Kier alpha value is -0.820. The summed E-state index contributed by atoms with van der Waals surface area (Å²) in [5, 5.41) is 0. The Bertz CT molecular complexity index is 403. The highest BCUT2D eigenvalue weighted by Gasteiger charge is 2.09. The Morgan fingerprint density at radius 3 is 1.46 bits per heavy atom. The quantitative estimate of drug-likeness (QED) is 0.217. The van der Waals surface area contributed by atoms with Gasteiger partial charge in [0.2, 0.25) is 0 Å². The van der Waals surface area contributed by atoms with Crippen LogP contribution >= 0.6 is 0 Å². The van der Waals surface area contributed by atoms with Crippen LogP contribution in [0.2, 0.25) is 0 Å². The third kappa shape index (κ3) is 34.5. The lowest BCUT2D eigenvalue weighted by atomic mass is 10.2. The van der Waals surface area contributed by atoms with E-state index >= 15 is 0 Å². The highest BCUT2D eigenvalue weighted by atomic mass is 35.5. The van der Waals surface area contributed by atoms with E-state index in [1.165, 1.54) is 6.92 Å². The van der Waals surface area contributed by atoms with Gasteiger partial charge in [-0.2, -0.15) is 0 Å². The molecule has 0 aliphatic carbocycles. The molecule has 158 valence electrons. The van der Waals surface area contributed by atoms with Gasteiger partial charge in [-0.05, 0) is 13.3 Å². The van der Waals surface area contributed by atoms with Crippen LogP contribution in [-0.4, -0.2) is 89.5 Å². The molecule has 0 radical (unpaired) electrons. The number of ether oxygens (including phenoxy) is 2. The standard InChI is InChI=1S/C11H22NO2.C7H16NO2.2ClH/c1-10(2)6-7-11(13)14-9-8-12(3,4)5;1-7(9)10-6-5-8(2,3)4;;/h1,6-9H2,2-5H3;5-6H2,1-4H3;2*1H/q2*+1;;/p-2. The lowest BCUT2D eigenvalue weighted by molar-refractivity contribution is -0.870. The number of hydrogen-bond acceptors (Lipinski definition) is 4. The first kappa shape index (κ1) is 32.8. The van der Waals surface area contributed by atoms with Crippen molar-refractivity contribution in [3.63, 3.8) is 0 Å². The summed E-state index contributed by atoms with van der Waals surface area (Å²) in [6.45, 7) is 9.80. The zero-order valence-corrected chi connectivity index (χ0v) is 19.2. The molecule has 0 spiro atoms. The van der Waals surface area contributed by atoms with Crippen molar-refractivity contribution in [2.45, 2.75) is 26.7 Å². The molecule has 0 fully saturated rings. The second-order valence-corrected chi connectivity index (χ2v) is 8.05. The average molecular weight is 417 g/mol. The summed E-state index contributed by atoms with van der Waals surface area (Å²) in [5.74, 6) is -0.324. The minimum atomic E-state index is -0.201. The Kier molecular flexibility index (Phi) is 20.7. The first-order valence-electron chi connectivity index (χ1n) is 8.27. The van der Waals surface area contributed by atoms with Crippen molar-refractivity contribution >= 4 is 11.9 Å². The first-order valence-corrected chi connectivity index (χ1v) is 8.27. The predicted molar refractivity (Wildman–Crippen MR) is 97.4 cm³/mol. The van der Waals surface area contributed by atoms with Crippen LogP contribution in [0.3, 0.4) is 0 Å². The summed E-state index contributed by atoms with van der Waals surface area (Å²) in [7, 11) is 12.4. The number of allylic oxidation sites excluding steroid dienone is 1. The highest BCUT2D eigenvalue weighted by Crippen LogP contribution is 2.02. The van der Waals surface area contributed by atoms with Gasteiger partial charge in [-0.1, -0.05) is 5.57 Å². The van der Waals surface area contributed by atoms with Gasteiger partial charge in [-0.3, -0.25) is 9.59 Å². The van der Waals surface area contributed by atoms with E-state index in [0.717, 1.165) is 34.0 Å². The monoisotopic (exact) mass is 416 g/mol. The van der Waals surface area contributed by atoms with E-state index in [2.05, 4.69) is 48.9 Å². The number of rotatable bonds is 9. The van der Waals surface area contributed by atoms with Crippen molar-refractivity contribution in [3.05, 3.63) is 12.2 Å². The van der Waals surface area contributed by atoms with Crippen molar-refractivity contribution in [2.24, 2.45) is 0 Å². The van der Waals surface area contributed by atoms with Gasteiger partial charge in [-0.15, -0.1) is 6.58 Å². The van der Waals surface area contributed by atoms with E-state index in [1.54, 1.807) is 0 Å². The van der Waals surface area contributed by atoms with Gasteiger partial charge in [0.05, 0.1) is 42.3 Å². The van der Waals surface area contributed by atoms with E-state index in [0.29, 0.717) is 19.6 Å². The Labute approximate surface area is 172 Å². The average Bonchev–Trinajstić information content (AvgIpc) is 2.33. The maximum absolute atomic E-state index is 11.2. The summed E-state index contributed by atoms with van der Waals surface area (Å²) in [6, 6.07) is 0. The normalized spacial score (nSPS) is 10.3. The van der Waals surface area contributed by atoms with Gasteiger partial charge in [0, 0.05) is 13.3 Å². The van der Waals surface area contributed by atoms with Gasteiger partial charge < -0.3 is 43.3 Å². The van der Waals surface area contributed by atoms with Crippen molar-refractivity contribution in [1.82, 2.24) is 0 Å². The fourth-order valence-corrected chi connectivity index (χ4v) is 1.28. The second kappa shape index (κ2) is 16.4. The topological polar surface area (TPSA) is 52.6 Å². The van der Waals surface area contributed by atoms with Crippen LogP contribution < -0.4 is 24.8 Å². The number of esters is 2. The van der Waals surface area contributed by atoms with Crippen molar-refractivity contribution in [1.29, 1.82) is 0 Å². The Morgan fingerprint density at radius 1 is 0.769 bits per heavy atom. The maximum Gasteiger partial charge on any atom is 0.306 e. The summed E-state index contributed by atoms with van der Waals surface area (Å²) in [5.41, 5.74) is 1.02. The molecule has 0 aliphatic heterocycles. The van der Waals surface area contributed by atoms with E-state index < -0.39 is 0 Å². The smallest absolute Gasteiger partial charge is 0.306 e. The molecule has 0 bridgehead atoms. The first-order chi connectivity index (χ1) is 10.7. The van der Waals surface area contributed by atoms with Crippen LogP contribution in [0.4, 0.5) is 0 Å². The lowest BCUT2D eigenvalue weighted by Crippen LogP contribution is -3.00. The van der Waals surface area contributed by atoms with Crippen LogP contribution in [0.25, 0.3) is 0 Å². The van der Waals surface area contributed by atoms with Gasteiger partial charge in [0.15, 0.2) is 0 Å². The van der Waals surface area contributed by atoms with Crippen LogP contribution in [0.15, 0.2) is 12.2 Å². The van der Waals surface area contributed by atoms with Gasteiger partial charge in [-0.25, -0.2) is 0 Å². The molecule has 0 aromatic rings. The number of halogens is 2. The molecule has 0 saturated heterocycles. The highest BCUT2D eigenvalue weighted by molar-refractivity contribution is 5.69. The molecular weight excluding hydrogens is 379 g/mol. The fraction of sp³-hybridized carbons (Fsp3) is 0.778. The van der Waals surface area contributed by atoms with Crippen molar-refractivity contribution in [2.75, 3.05) is 68.6 Å². The van der Waals surface area contributed by atoms with Gasteiger partial charge >= 0.3 is 11.9 Å². The number of carbonyl (C=O) groups excluding carboxylic acids is 2. The number of carbonyl (C=O) groups is 2. The molecule has 0 saturated carbocycles. The minimum absolute atomic E-state index is 0. The van der Waals surface area contributed by atoms with Gasteiger partial charge in [0.1, 0.15) is 26.3 Å². The molecule has 26 heavy (non-hydrogen) atoms. The summed E-state index contributed by atoms with van der Waals surface area (Å²) >= 11 is 0. The van der Waals surface area contributed by atoms with Crippen molar-refractivity contribution < 1.29 is 52.8 Å². The van der Waals surface area contributed by atoms with Crippen LogP contribution in [-0.2, 0) is 19.1 Å². The molecule has 8 heteroatoms. The Morgan fingerprint density at radius 2 is 1.15 bits per heavy atom. The van der Waals surface area contributed by atoms with Crippen LogP contribution in [0, 0.1) is 0 Å². The third-order valence-electron chi connectivity index (χ3n) is 2.85. The zero-order chi connectivity index (χ0) is 19.4. The molecular formula is C18H38Cl2N2O4. The summed E-state index contributed by atoms with van der Waals surface area (Å²) < 4.78 is 11.5. The third-order valence-corrected chi connectivity index (χ3v) is 2.85. The molecule has 0 aromatic carbocycles. The van der Waals surface area contributed by atoms with E-state index in [1.807, 2.05) is 6.92 Å². The number of quaternary nitrogens is 2. The number of likely N-dealkylation sites (N-methyl/N-ethyl adjacent to an activating group) is 2. The van der Waals surface area contributed by atoms with Crippen molar-refractivity contribution in [3.8, 4) is 0 Å². The van der Waals surface area contributed by atoms with E-state index in [9.17, 15) is 9.59 Å². The Balaban J connectivity index is -0.000000181. The van der Waals surface area contributed by atoms with Crippen LogP contribution in [0.1, 0.15) is 26.7 Å². The molecule has 0 heterocycles. The van der Waals surface area contributed by atoms with E-state index in [-0.39, 0.29) is 36.8 Å². The molecule has 6 nitrogen and oxygen atoms in total. The number of nitrogens with zero attached hydrogens (tertiary/aromatic N) is 2. The second-order valence-electron chi connectivity index (χ2n) is 8.05. The molecule has 0 amide bonds. The predicted octanol–water partition coefficient (Wildman–Crippen LogP) is -4.14. The van der Waals surface area contributed by atoms with E-state index in [4.69, 9.17) is 9.47 Å². The van der Waals surface area contributed by atoms with Crippen LogP contribution in [0.5, 0.6) is 0 Å². The summed E-state index contributed by atoms with van der Waals surface area (Å²) in [4.78, 5) is 21.5. The molecule has 0 N–H and O–H groups in total. The zero-order valence-electron chi connectivity index (χ0n) is 17.7. The fourth-order valence-electron chi connectivity index (χ4n) is 1.28. The largest absolute Gasteiger partial charge is 1.00 e. The molecule has 0 rings (SSSR count). The molecule has 0 aromatic heterocycles. The molecule has 0 unspecified atom stereocenters. The number of hydrogen-bond donors (Lipinski definition) is 0. The lowest BCUT2D eigenvalue weighted by Gasteiger charge is -2.23. The molecule has 0 atom stereocenters. The SMILES string of the molecule is C=C(C)CCC(=O)OCC[N+](C)(C)C.CC(=O)OCC[N+](C)(C)C.[Cl-].[Cl-]. The molecule has 0 aliphatic rings. The maximum atomic E-state index is 11.2.